The Morgan fingerprint density at radius 1 is 1.26 bits per heavy atom. The molecule has 146 valence electrons. The number of rotatable bonds is 6. The van der Waals surface area contributed by atoms with Crippen molar-refractivity contribution in [2.24, 2.45) is 4.99 Å². The molecule has 0 bridgehead atoms. The molecule has 0 aliphatic carbocycles. The van der Waals surface area contributed by atoms with Crippen LogP contribution >= 0.6 is 23.4 Å². The van der Waals surface area contributed by atoms with E-state index in [1.54, 1.807) is 12.1 Å². The van der Waals surface area contributed by atoms with Crippen LogP contribution in [0.1, 0.15) is 5.56 Å². The van der Waals surface area contributed by atoms with Crippen LogP contribution in [-0.4, -0.2) is 71.5 Å². The van der Waals surface area contributed by atoms with Gasteiger partial charge in [0.15, 0.2) is 15.0 Å². The van der Waals surface area contributed by atoms with Crippen molar-refractivity contribution in [3.8, 4) is 0 Å². The van der Waals surface area contributed by atoms with Crippen LogP contribution in [0.2, 0.25) is 5.02 Å². The Morgan fingerprint density at radius 3 is 2.63 bits per heavy atom. The molecule has 2 saturated heterocycles. The van der Waals surface area contributed by atoms with Gasteiger partial charge in [-0.2, -0.15) is 4.99 Å². The fraction of sp³-hybridized carbons (Fsp3) is 0.438. The Morgan fingerprint density at radius 2 is 1.96 bits per heavy atom. The number of hydrogen-bond donors (Lipinski definition) is 1. The molecule has 11 heteroatoms. The van der Waals surface area contributed by atoms with Crippen molar-refractivity contribution in [1.82, 2.24) is 4.90 Å². The number of nitrogens with zero attached hydrogens (tertiary/aromatic N) is 2. The molecule has 0 unspecified atom stereocenters. The fourth-order valence-corrected chi connectivity index (χ4v) is 7.07. The number of carboxylic acids is 1. The van der Waals surface area contributed by atoms with Gasteiger partial charge in [0.25, 0.3) is 5.91 Å². The minimum atomic E-state index is -3.13. The summed E-state index contributed by atoms with van der Waals surface area (Å²) in [6.07, 6.45) is 0. The van der Waals surface area contributed by atoms with Gasteiger partial charge in [-0.1, -0.05) is 35.5 Å². The molecule has 1 aromatic rings. The topological polar surface area (TPSA) is 113 Å². The number of carbonyl (C=O) groups is 2. The van der Waals surface area contributed by atoms with Gasteiger partial charge in [0, 0.05) is 16.8 Å². The van der Waals surface area contributed by atoms with Crippen LogP contribution in [-0.2, 0) is 30.7 Å². The summed E-state index contributed by atoms with van der Waals surface area (Å²) < 4.78 is 28.7. The van der Waals surface area contributed by atoms with Crippen LogP contribution in [0, 0.1) is 0 Å². The van der Waals surface area contributed by atoms with E-state index in [9.17, 15) is 18.0 Å². The molecule has 1 amide bonds. The zero-order valence-electron chi connectivity index (χ0n) is 14.1. The lowest BCUT2D eigenvalue weighted by atomic mass is 10.1. The fourth-order valence-electron chi connectivity index (χ4n) is 2.97. The highest BCUT2D eigenvalue weighted by Gasteiger charge is 2.48. The second kappa shape index (κ2) is 8.17. The molecule has 0 saturated carbocycles. The standard InChI is InChI=1S/C16H17ClN2O6S2/c17-11-3-1-10(2-4-11)5-19-12-8-27(23,24)9-13(12)26-16(19)18-14(20)6-25-7-15(21)22/h1-4,12-13H,5-9H2,(H,21,22)/t12-,13+/m1/s1. The Kier molecular flexibility index (Phi) is 6.09. The molecule has 3 rings (SSSR count). The minimum Gasteiger partial charge on any atom is -0.480 e. The van der Waals surface area contributed by atoms with E-state index in [1.165, 1.54) is 11.8 Å². The molecule has 0 radical (unpaired) electrons. The van der Waals surface area contributed by atoms with Gasteiger partial charge >= 0.3 is 5.97 Å². The second-order valence-electron chi connectivity index (χ2n) is 6.23. The van der Waals surface area contributed by atoms with Gasteiger partial charge in [-0.3, -0.25) is 4.79 Å². The molecule has 2 aliphatic heterocycles. The highest BCUT2D eigenvalue weighted by molar-refractivity contribution is 8.15. The largest absolute Gasteiger partial charge is 0.480 e. The van der Waals surface area contributed by atoms with E-state index in [0.717, 1.165) is 5.56 Å². The first-order valence-corrected chi connectivity index (χ1v) is 11.1. The monoisotopic (exact) mass is 432 g/mol. The number of aliphatic imine (C=N–C) groups is 1. The summed E-state index contributed by atoms with van der Waals surface area (Å²) in [6, 6.07) is 6.88. The van der Waals surface area contributed by atoms with Crippen molar-refractivity contribution in [1.29, 1.82) is 0 Å². The van der Waals surface area contributed by atoms with Gasteiger partial charge in [0.1, 0.15) is 13.2 Å². The van der Waals surface area contributed by atoms with Crippen molar-refractivity contribution in [3.05, 3.63) is 34.9 Å². The molecule has 27 heavy (non-hydrogen) atoms. The summed E-state index contributed by atoms with van der Waals surface area (Å²) >= 11 is 7.16. The zero-order valence-corrected chi connectivity index (χ0v) is 16.5. The van der Waals surface area contributed by atoms with E-state index in [-0.39, 0.29) is 22.8 Å². The number of thioether (sulfide) groups is 1. The van der Waals surface area contributed by atoms with Crippen LogP contribution in [0.25, 0.3) is 0 Å². The lowest BCUT2D eigenvalue weighted by Crippen LogP contribution is -2.37. The number of carboxylic acid groups (broad SMARTS) is 1. The maximum atomic E-state index is 12.0. The second-order valence-corrected chi connectivity index (χ2v) is 10.0. The predicted octanol–water partition coefficient (Wildman–Crippen LogP) is 1.04. The first-order chi connectivity index (χ1) is 12.7. The van der Waals surface area contributed by atoms with Crippen molar-refractivity contribution in [2.45, 2.75) is 17.8 Å². The first kappa shape index (κ1) is 20.1. The molecule has 2 fully saturated rings. The third kappa shape index (κ3) is 5.22. The van der Waals surface area contributed by atoms with Gasteiger partial charge in [-0.15, -0.1) is 0 Å². The number of amidine groups is 1. The molecule has 1 aromatic carbocycles. The van der Waals surface area contributed by atoms with Crippen molar-refractivity contribution >= 4 is 50.2 Å². The number of carbonyl (C=O) groups excluding carboxylic acids is 1. The van der Waals surface area contributed by atoms with E-state index in [1.807, 2.05) is 17.0 Å². The Balaban J connectivity index is 1.77. The van der Waals surface area contributed by atoms with Crippen LogP contribution in [0.4, 0.5) is 0 Å². The SMILES string of the molecule is O=C(O)COCC(=O)N=C1S[C@H]2CS(=O)(=O)C[C@H]2N1Cc1ccc(Cl)cc1. The summed E-state index contributed by atoms with van der Waals surface area (Å²) in [6.45, 7) is -0.635. The normalized spacial score (nSPS) is 24.9. The molecule has 0 aromatic heterocycles. The zero-order chi connectivity index (χ0) is 19.6. The number of benzene rings is 1. The van der Waals surface area contributed by atoms with Gasteiger partial charge in [-0.05, 0) is 17.7 Å². The van der Waals surface area contributed by atoms with Crippen LogP contribution in [0.5, 0.6) is 0 Å². The highest BCUT2D eigenvalue weighted by Crippen LogP contribution is 2.39. The van der Waals surface area contributed by atoms with E-state index in [2.05, 4.69) is 4.99 Å². The Bertz CT molecular complexity index is 871. The summed E-state index contributed by atoms with van der Waals surface area (Å²) in [5, 5.41) is 9.38. The summed E-state index contributed by atoms with van der Waals surface area (Å²) in [7, 11) is -3.13. The Hall–Kier alpha value is -1.62. The van der Waals surface area contributed by atoms with Crippen molar-refractivity contribution < 1.29 is 27.9 Å². The third-order valence-electron chi connectivity index (χ3n) is 4.11. The number of aliphatic carboxylic acids is 1. The lowest BCUT2D eigenvalue weighted by molar-refractivity contribution is -0.143. The maximum Gasteiger partial charge on any atom is 0.329 e. The van der Waals surface area contributed by atoms with Crippen LogP contribution in [0.3, 0.4) is 0 Å². The summed E-state index contributed by atoms with van der Waals surface area (Å²) in [4.78, 5) is 28.3. The molecule has 8 nitrogen and oxygen atoms in total. The minimum absolute atomic E-state index is 0.0149. The van der Waals surface area contributed by atoms with Gasteiger partial charge < -0.3 is 14.7 Å². The summed E-state index contributed by atoms with van der Waals surface area (Å²) in [5.41, 5.74) is 0.909. The number of fused-ring (bicyclic) bond motifs is 1. The molecular formula is C16H17ClN2O6S2. The van der Waals surface area contributed by atoms with E-state index in [0.29, 0.717) is 16.7 Å². The van der Waals surface area contributed by atoms with Gasteiger partial charge in [-0.25, -0.2) is 13.2 Å². The Labute approximate surface area is 165 Å². The van der Waals surface area contributed by atoms with E-state index in [4.69, 9.17) is 21.4 Å². The number of sulfone groups is 1. The average molecular weight is 433 g/mol. The van der Waals surface area contributed by atoms with Crippen LogP contribution < -0.4 is 0 Å². The number of halogens is 1. The van der Waals surface area contributed by atoms with Crippen LogP contribution in [0.15, 0.2) is 29.3 Å². The number of ether oxygens (including phenoxy) is 1. The smallest absolute Gasteiger partial charge is 0.329 e. The molecule has 2 heterocycles. The molecular weight excluding hydrogens is 416 g/mol. The van der Waals surface area contributed by atoms with Crippen molar-refractivity contribution in [3.63, 3.8) is 0 Å². The van der Waals surface area contributed by atoms with Crippen molar-refractivity contribution in [2.75, 3.05) is 24.7 Å². The lowest BCUT2D eigenvalue weighted by Gasteiger charge is -2.24. The number of hydrogen-bond acceptors (Lipinski definition) is 6. The van der Waals surface area contributed by atoms with E-state index >= 15 is 0 Å². The summed E-state index contributed by atoms with van der Waals surface area (Å²) in [5.74, 6) is -1.72. The molecule has 1 N–H and O–H groups in total. The molecule has 2 aliphatic rings. The van der Waals surface area contributed by atoms with E-state index < -0.39 is 34.9 Å². The average Bonchev–Trinajstić information content (AvgIpc) is 3.02. The van der Waals surface area contributed by atoms with Gasteiger partial charge in [0.05, 0.1) is 17.5 Å². The number of amides is 1. The first-order valence-electron chi connectivity index (χ1n) is 8.03. The molecule has 0 spiro atoms. The highest BCUT2D eigenvalue weighted by atomic mass is 35.5. The van der Waals surface area contributed by atoms with Gasteiger partial charge in [0.2, 0.25) is 0 Å². The third-order valence-corrected chi connectivity index (χ3v) is 7.61. The maximum absolute atomic E-state index is 12.0. The molecule has 2 atom stereocenters. The quantitative estimate of drug-likeness (QED) is 0.709. The predicted molar refractivity (Wildman–Crippen MR) is 102 cm³/mol.